The molecule has 0 aromatic heterocycles. The van der Waals surface area contributed by atoms with Crippen molar-refractivity contribution < 1.29 is 13.2 Å². The molecule has 0 radical (unpaired) electrons. The number of nitrogens with one attached hydrogen (secondary N) is 1. The second kappa shape index (κ2) is 5.85. The third kappa shape index (κ3) is 2.65. The van der Waals surface area contributed by atoms with Gasteiger partial charge in [-0.05, 0) is 74.1 Å². The van der Waals surface area contributed by atoms with E-state index in [-0.39, 0.29) is 11.9 Å². The smallest absolute Gasteiger partial charge is 0.251 e. The zero-order valence-corrected chi connectivity index (χ0v) is 14.8. The highest BCUT2D eigenvalue weighted by Gasteiger charge is 2.46. The monoisotopic (exact) mass is 348 g/mol. The van der Waals surface area contributed by atoms with E-state index in [2.05, 4.69) is 5.32 Å². The van der Waals surface area contributed by atoms with Crippen molar-refractivity contribution in [2.45, 2.75) is 43.0 Å². The lowest BCUT2D eigenvalue weighted by Gasteiger charge is -2.38. The predicted molar refractivity (Wildman–Crippen MR) is 91.1 cm³/mol. The van der Waals surface area contributed by atoms with E-state index in [1.807, 2.05) is 0 Å². The maximum absolute atomic E-state index is 13.2. The van der Waals surface area contributed by atoms with Crippen LogP contribution in [0.15, 0.2) is 29.2 Å². The molecule has 2 unspecified atom stereocenters. The van der Waals surface area contributed by atoms with Gasteiger partial charge in [-0.3, -0.25) is 4.79 Å². The third-order valence-electron chi connectivity index (χ3n) is 6.01. The number of carbonyl (C=O) groups excluding carboxylic acids is 1. The Morgan fingerprint density at radius 2 is 1.58 bits per heavy atom. The Morgan fingerprint density at radius 3 is 2.17 bits per heavy atom. The molecule has 1 N–H and O–H groups in total. The Bertz CT molecular complexity index is 730. The lowest BCUT2D eigenvalue weighted by Crippen LogP contribution is -2.42. The average molecular weight is 348 g/mol. The third-order valence-corrected chi connectivity index (χ3v) is 7.94. The average Bonchev–Trinajstić information content (AvgIpc) is 2.78. The summed E-state index contributed by atoms with van der Waals surface area (Å²) < 4.78 is 28.1. The summed E-state index contributed by atoms with van der Waals surface area (Å²) in [6.07, 6.45) is 5.70. The lowest BCUT2D eigenvalue weighted by molar-refractivity contribution is 0.0963. The molecule has 0 spiro atoms. The molecular weight excluding hydrogens is 324 g/mol. The predicted octanol–water partition coefficient (Wildman–Crippen LogP) is 2.25. The summed E-state index contributed by atoms with van der Waals surface area (Å²) in [6.45, 7) is 0.664. The molecule has 4 bridgehead atoms. The minimum atomic E-state index is -3.49. The molecule has 4 fully saturated rings. The van der Waals surface area contributed by atoms with Gasteiger partial charge >= 0.3 is 0 Å². The SMILES string of the molecule is CNC(=O)c1ccc(S(=O)(=O)N2CC3C[C@@H]4CC2C[C@H](C3)C4)cc1. The molecule has 1 aromatic rings. The van der Waals surface area contributed by atoms with Crippen LogP contribution in [0.25, 0.3) is 0 Å². The summed E-state index contributed by atoms with van der Waals surface area (Å²) in [5.41, 5.74) is 0.479. The van der Waals surface area contributed by atoms with Crippen molar-refractivity contribution in [3.05, 3.63) is 29.8 Å². The van der Waals surface area contributed by atoms with E-state index in [1.54, 1.807) is 35.6 Å². The molecule has 5 nitrogen and oxygen atoms in total. The van der Waals surface area contributed by atoms with Crippen LogP contribution in [0.4, 0.5) is 0 Å². The van der Waals surface area contributed by atoms with Crippen LogP contribution in [0.3, 0.4) is 0 Å². The van der Waals surface area contributed by atoms with Gasteiger partial charge in [0.05, 0.1) is 4.90 Å². The van der Waals surface area contributed by atoms with Gasteiger partial charge in [-0.1, -0.05) is 0 Å². The molecular formula is C18H24N2O3S. The number of rotatable bonds is 3. The van der Waals surface area contributed by atoms with Gasteiger partial charge in [0, 0.05) is 25.2 Å². The largest absolute Gasteiger partial charge is 0.355 e. The van der Waals surface area contributed by atoms with Gasteiger partial charge in [-0.15, -0.1) is 0 Å². The van der Waals surface area contributed by atoms with Gasteiger partial charge in [0.1, 0.15) is 0 Å². The highest BCUT2D eigenvalue weighted by Crippen LogP contribution is 2.48. The quantitative estimate of drug-likeness (QED) is 0.911. The van der Waals surface area contributed by atoms with Gasteiger partial charge in [-0.25, -0.2) is 8.42 Å². The number of hydrogen-bond acceptors (Lipinski definition) is 3. The van der Waals surface area contributed by atoms with Crippen molar-refractivity contribution in [2.24, 2.45) is 17.8 Å². The van der Waals surface area contributed by atoms with Gasteiger partial charge in [0.25, 0.3) is 5.91 Å². The number of sulfonamides is 1. The standard InChI is InChI=1S/C18H24N2O3S/c1-19-18(21)15-2-4-17(5-3-15)24(22,23)20-11-14-7-12-6-13(8-14)10-16(20)9-12/h2-5,12-14,16H,6-11H2,1H3,(H,19,21)/t12-,13+,14?,16?. The normalized spacial score (nSPS) is 32.5. The molecule has 6 heteroatoms. The number of benzene rings is 1. The topological polar surface area (TPSA) is 66.5 Å². The number of amides is 1. The van der Waals surface area contributed by atoms with E-state index in [0.717, 1.165) is 12.8 Å². The maximum atomic E-state index is 13.2. The molecule has 5 rings (SSSR count). The molecule has 4 atom stereocenters. The van der Waals surface area contributed by atoms with Crippen molar-refractivity contribution in [2.75, 3.05) is 13.6 Å². The van der Waals surface area contributed by atoms with Crippen molar-refractivity contribution in [1.82, 2.24) is 9.62 Å². The van der Waals surface area contributed by atoms with Gasteiger partial charge in [0.2, 0.25) is 10.0 Å². The first kappa shape index (κ1) is 16.1. The van der Waals surface area contributed by atoms with E-state index >= 15 is 0 Å². The van der Waals surface area contributed by atoms with Crippen molar-refractivity contribution in [3.8, 4) is 0 Å². The minimum absolute atomic E-state index is 0.157. The van der Waals surface area contributed by atoms with Gasteiger partial charge in [-0.2, -0.15) is 4.31 Å². The molecule has 1 aromatic carbocycles. The van der Waals surface area contributed by atoms with Crippen molar-refractivity contribution >= 4 is 15.9 Å². The first-order valence-corrected chi connectivity index (χ1v) is 10.3. The molecule has 4 aliphatic rings. The van der Waals surface area contributed by atoms with Gasteiger partial charge in [0.15, 0.2) is 0 Å². The number of fused-ring (bicyclic) bond motifs is 1. The summed E-state index contributed by atoms with van der Waals surface area (Å²) in [7, 11) is -1.92. The molecule has 2 saturated heterocycles. The van der Waals surface area contributed by atoms with Crippen LogP contribution in [0.1, 0.15) is 42.5 Å². The Hall–Kier alpha value is -1.40. The molecule has 1 amide bonds. The molecule has 24 heavy (non-hydrogen) atoms. The van der Waals surface area contributed by atoms with Crippen LogP contribution in [-0.2, 0) is 10.0 Å². The summed E-state index contributed by atoms with van der Waals surface area (Å²) in [5, 5.41) is 2.55. The lowest BCUT2D eigenvalue weighted by atomic mass is 9.68. The number of hydrogen-bond donors (Lipinski definition) is 1. The minimum Gasteiger partial charge on any atom is -0.355 e. The maximum Gasteiger partial charge on any atom is 0.251 e. The van der Waals surface area contributed by atoms with Crippen LogP contribution in [0.2, 0.25) is 0 Å². The van der Waals surface area contributed by atoms with Crippen LogP contribution in [0, 0.1) is 17.8 Å². The van der Waals surface area contributed by atoms with Crippen LogP contribution >= 0.6 is 0 Å². The molecule has 2 saturated carbocycles. The van der Waals surface area contributed by atoms with E-state index in [1.165, 1.54) is 19.3 Å². The zero-order chi connectivity index (χ0) is 16.9. The molecule has 2 aliphatic heterocycles. The fraction of sp³-hybridized carbons (Fsp3) is 0.611. The van der Waals surface area contributed by atoms with E-state index < -0.39 is 10.0 Å². The zero-order valence-electron chi connectivity index (χ0n) is 13.9. The highest BCUT2D eigenvalue weighted by atomic mass is 32.2. The Morgan fingerprint density at radius 1 is 1.00 bits per heavy atom. The van der Waals surface area contributed by atoms with Crippen LogP contribution < -0.4 is 5.32 Å². The first-order chi connectivity index (χ1) is 11.5. The Labute approximate surface area is 143 Å². The molecule has 2 heterocycles. The molecule has 130 valence electrons. The Balaban J connectivity index is 1.64. The van der Waals surface area contributed by atoms with Gasteiger partial charge < -0.3 is 5.32 Å². The fourth-order valence-corrected chi connectivity index (χ4v) is 6.82. The van der Waals surface area contributed by atoms with E-state index in [0.29, 0.717) is 34.8 Å². The second-order valence-corrected chi connectivity index (χ2v) is 9.50. The summed E-state index contributed by atoms with van der Waals surface area (Å²) >= 11 is 0. The fourth-order valence-electron chi connectivity index (χ4n) is 5.09. The van der Waals surface area contributed by atoms with Crippen LogP contribution in [-0.4, -0.2) is 38.3 Å². The summed E-state index contributed by atoms with van der Waals surface area (Å²) in [6, 6.07) is 6.47. The highest BCUT2D eigenvalue weighted by molar-refractivity contribution is 7.89. The van der Waals surface area contributed by atoms with Crippen LogP contribution in [0.5, 0.6) is 0 Å². The summed E-state index contributed by atoms with van der Waals surface area (Å²) in [4.78, 5) is 11.9. The first-order valence-electron chi connectivity index (χ1n) is 8.81. The summed E-state index contributed by atoms with van der Waals surface area (Å²) in [5.74, 6) is 1.73. The van der Waals surface area contributed by atoms with Crippen molar-refractivity contribution in [3.63, 3.8) is 0 Å². The molecule has 2 aliphatic carbocycles. The number of nitrogens with zero attached hydrogens (tertiary/aromatic N) is 1. The second-order valence-electron chi connectivity index (χ2n) is 7.61. The van der Waals surface area contributed by atoms with E-state index in [4.69, 9.17) is 0 Å². The van der Waals surface area contributed by atoms with Crippen molar-refractivity contribution in [1.29, 1.82) is 0 Å². The van der Waals surface area contributed by atoms with E-state index in [9.17, 15) is 13.2 Å². The Kier molecular flexibility index (Phi) is 3.92. The number of carbonyl (C=O) groups is 1.